The molecule has 1 aromatic carbocycles. The van der Waals surface area contributed by atoms with Crippen LogP contribution in [0.3, 0.4) is 0 Å². The molecule has 3 heterocycles. The van der Waals surface area contributed by atoms with Gasteiger partial charge in [-0.1, -0.05) is 13.8 Å². The Labute approximate surface area is 202 Å². The van der Waals surface area contributed by atoms with Gasteiger partial charge in [-0.15, -0.1) is 0 Å². The molecule has 2 aliphatic heterocycles. The van der Waals surface area contributed by atoms with Gasteiger partial charge in [0.25, 0.3) is 5.91 Å². The van der Waals surface area contributed by atoms with E-state index in [1.807, 2.05) is 37.8 Å². The molecule has 34 heavy (non-hydrogen) atoms. The van der Waals surface area contributed by atoms with E-state index in [4.69, 9.17) is 4.74 Å². The number of hydrogen-bond acceptors (Lipinski definition) is 7. The van der Waals surface area contributed by atoms with Crippen LogP contribution in [0.15, 0.2) is 30.6 Å². The smallest absolute Gasteiger partial charge is 0.268 e. The number of benzene rings is 1. The zero-order valence-corrected chi connectivity index (χ0v) is 20.6. The SMILES string of the molecule is Cc1cc(O[C@@H]2CCN(c3cnc(N4CC(S(=O)C(C)C)C4)nc3)C2=O)ccc1C(=O)C1CC1. The molecule has 0 radical (unpaired) electrons. The molecule has 0 N–H and O–H groups in total. The molecule has 0 bridgehead atoms. The predicted octanol–water partition coefficient (Wildman–Crippen LogP) is 2.91. The van der Waals surface area contributed by atoms with E-state index >= 15 is 0 Å². The zero-order chi connectivity index (χ0) is 24.0. The minimum absolute atomic E-state index is 0.122. The summed E-state index contributed by atoms with van der Waals surface area (Å²) < 4.78 is 18.2. The van der Waals surface area contributed by atoms with Gasteiger partial charge in [0, 0.05) is 53.6 Å². The van der Waals surface area contributed by atoms with Crippen molar-refractivity contribution in [3.63, 3.8) is 0 Å². The van der Waals surface area contributed by atoms with Crippen LogP contribution in [-0.2, 0) is 15.6 Å². The first-order chi connectivity index (χ1) is 16.3. The Morgan fingerprint density at radius 1 is 1.15 bits per heavy atom. The Bertz CT molecular complexity index is 1130. The fraction of sp³-hybridized carbons (Fsp3) is 0.520. The summed E-state index contributed by atoms with van der Waals surface area (Å²) in [5.41, 5.74) is 2.27. The molecule has 1 unspecified atom stereocenters. The van der Waals surface area contributed by atoms with Crippen LogP contribution in [0.5, 0.6) is 5.75 Å². The molecule has 2 aromatic rings. The third-order valence-electron chi connectivity index (χ3n) is 6.71. The molecule has 8 nitrogen and oxygen atoms in total. The topological polar surface area (TPSA) is 92.7 Å². The van der Waals surface area contributed by atoms with Gasteiger partial charge in [-0.25, -0.2) is 9.97 Å². The van der Waals surface area contributed by atoms with Crippen molar-refractivity contribution in [1.82, 2.24) is 9.97 Å². The summed E-state index contributed by atoms with van der Waals surface area (Å²) in [5, 5.41) is 0.310. The van der Waals surface area contributed by atoms with Gasteiger partial charge in [0.2, 0.25) is 5.95 Å². The molecule has 5 rings (SSSR count). The van der Waals surface area contributed by atoms with E-state index in [0.717, 1.165) is 24.0 Å². The van der Waals surface area contributed by atoms with Crippen LogP contribution < -0.4 is 14.5 Å². The average Bonchev–Trinajstić information content (AvgIpc) is 3.57. The van der Waals surface area contributed by atoms with E-state index in [0.29, 0.717) is 43.4 Å². The van der Waals surface area contributed by atoms with Crippen molar-refractivity contribution in [3.8, 4) is 5.75 Å². The maximum absolute atomic E-state index is 13.0. The van der Waals surface area contributed by atoms with Crippen molar-refractivity contribution in [1.29, 1.82) is 0 Å². The molecule has 1 aromatic heterocycles. The first kappa shape index (κ1) is 23.0. The number of ketones is 1. The van der Waals surface area contributed by atoms with Gasteiger partial charge in [0.05, 0.1) is 23.3 Å². The van der Waals surface area contributed by atoms with Gasteiger partial charge in [-0.2, -0.15) is 0 Å². The van der Waals surface area contributed by atoms with Crippen molar-refractivity contribution >= 4 is 34.1 Å². The van der Waals surface area contributed by atoms with Gasteiger partial charge in [0.15, 0.2) is 11.9 Å². The van der Waals surface area contributed by atoms with Gasteiger partial charge >= 0.3 is 0 Å². The Morgan fingerprint density at radius 2 is 1.85 bits per heavy atom. The van der Waals surface area contributed by atoms with E-state index in [1.54, 1.807) is 23.4 Å². The lowest BCUT2D eigenvalue weighted by molar-refractivity contribution is -0.122. The standard InChI is InChI=1S/C25H30N4O4S/c1-15(2)34(32)20-13-28(14-20)25-26-11-18(12-27-25)29-9-8-22(24(29)31)33-19-6-7-21(16(3)10-19)23(30)17-4-5-17/h6-7,10-12,15,17,20,22H,4-5,8-9,13-14H2,1-3H3/t22-,34?/m1/s1. The minimum Gasteiger partial charge on any atom is -0.481 e. The summed E-state index contributed by atoms with van der Waals surface area (Å²) in [7, 11) is -0.842. The van der Waals surface area contributed by atoms with E-state index < -0.39 is 16.9 Å². The monoisotopic (exact) mass is 482 g/mol. The second kappa shape index (κ2) is 9.09. The fourth-order valence-corrected chi connectivity index (χ4v) is 5.91. The lowest BCUT2D eigenvalue weighted by Gasteiger charge is -2.39. The normalized spacial score (nSPS) is 21.6. The molecule has 180 valence electrons. The van der Waals surface area contributed by atoms with Crippen LogP contribution in [0.25, 0.3) is 0 Å². The third-order valence-corrected chi connectivity index (χ3v) is 8.59. The van der Waals surface area contributed by atoms with Crippen LogP contribution in [0.2, 0.25) is 0 Å². The number of nitrogens with zero attached hydrogens (tertiary/aromatic N) is 4. The van der Waals surface area contributed by atoms with Crippen LogP contribution in [0.1, 0.15) is 49.0 Å². The summed E-state index contributed by atoms with van der Waals surface area (Å²) in [4.78, 5) is 37.9. The highest BCUT2D eigenvalue weighted by molar-refractivity contribution is 7.86. The molecule has 2 saturated heterocycles. The summed E-state index contributed by atoms with van der Waals surface area (Å²) in [5.74, 6) is 1.45. The van der Waals surface area contributed by atoms with Crippen LogP contribution in [0, 0.1) is 12.8 Å². The molecule has 9 heteroatoms. The largest absolute Gasteiger partial charge is 0.481 e. The van der Waals surface area contributed by atoms with E-state index in [-0.39, 0.29) is 28.1 Å². The molecule has 3 aliphatic rings. The number of carbonyl (C=O) groups is 2. The van der Waals surface area contributed by atoms with Gasteiger partial charge < -0.3 is 14.5 Å². The molecule has 3 fully saturated rings. The fourth-order valence-electron chi connectivity index (χ4n) is 4.49. The number of hydrogen-bond donors (Lipinski definition) is 0. The Morgan fingerprint density at radius 3 is 2.47 bits per heavy atom. The maximum Gasteiger partial charge on any atom is 0.268 e. The van der Waals surface area contributed by atoms with E-state index in [1.165, 1.54) is 0 Å². The number of rotatable bonds is 8. The summed E-state index contributed by atoms with van der Waals surface area (Å²) >= 11 is 0. The molecule has 2 atom stereocenters. The molecular weight excluding hydrogens is 452 g/mol. The predicted molar refractivity (Wildman–Crippen MR) is 131 cm³/mol. The number of anilines is 2. The number of Topliss-reactive ketones (excluding diaryl/α,β-unsaturated/α-hetero) is 1. The van der Waals surface area contributed by atoms with Crippen molar-refractivity contribution in [3.05, 3.63) is 41.7 Å². The third kappa shape index (κ3) is 4.45. The highest BCUT2D eigenvalue weighted by Gasteiger charge is 2.37. The number of amides is 1. The highest BCUT2D eigenvalue weighted by atomic mass is 32.2. The van der Waals surface area contributed by atoms with Crippen molar-refractivity contribution in [2.24, 2.45) is 5.92 Å². The van der Waals surface area contributed by atoms with Crippen molar-refractivity contribution in [2.45, 2.75) is 56.6 Å². The number of carbonyl (C=O) groups excluding carboxylic acids is 2. The van der Waals surface area contributed by atoms with Crippen LogP contribution in [-0.4, -0.2) is 62.1 Å². The van der Waals surface area contributed by atoms with E-state index in [9.17, 15) is 13.8 Å². The Kier molecular flexibility index (Phi) is 6.14. The molecule has 1 aliphatic carbocycles. The first-order valence-corrected chi connectivity index (χ1v) is 13.2. The summed E-state index contributed by atoms with van der Waals surface area (Å²) in [6, 6.07) is 5.44. The van der Waals surface area contributed by atoms with Crippen molar-refractivity contribution < 1.29 is 18.5 Å². The van der Waals surface area contributed by atoms with Gasteiger partial charge in [-0.05, 0) is 43.5 Å². The maximum atomic E-state index is 13.0. The second-order valence-corrected chi connectivity index (χ2v) is 11.9. The van der Waals surface area contributed by atoms with Crippen molar-refractivity contribution in [2.75, 3.05) is 29.4 Å². The quantitative estimate of drug-likeness (QED) is 0.534. The molecule has 1 amide bonds. The molecular formula is C25H30N4O4S. The highest BCUT2D eigenvalue weighted by Crippen LogP contribution is 2.34. The summed E-state index contributed by atoms with van der Waals surface area (Å²) in [6.07, 6.45) is 5.27. The molecule has 0 spiro atoms. The van der Waals surface area contributed by atoms with Crippen LogP contribution >= 0.6 is 0 Å². The first-order valence-electron chi connectivity index (χ1n) is 11.9. The second-order valence-electron chi connectivity index (χ2n) is 9.65. The average molecular weight is 483 g/mol. The lowest BCUT2D eigenvalue weighted by atomic mass is 10.0. The number of aryl methyl sites for hydroxylation is 1. The zero-order valence-electron chi connectivity index (χ0n) is 19.8. The Hall–Kier alpha value is -2.81. The van der Waals surface area contributed by atoms with E-state index in [2.05, 4.69) is 9.97 Å². The minimum atomic E-state index is -0.842. The van der Waals surface area contributed by atoms with Gasteiger partial charge in [-0.3, -0.25) is 13.8 Å². The van der Waals surface area contributed by atoms with Crippen LogP contribution in [0.4, 0.5) is 11.6 Å². The van der Waals surface area contributed by atoms with Gasteiger partial charge in [0.1, 0.15) is 5.75 Å². The molecule has 1 saturated carbocycles. The number of ether oxygens (including phenoxy) is 1. The Balaban J connectivity index is 1.19. The lowest BCUT2D eigenvalue weighted by Crippen LogP contribution is -2.54. The summed E-state index contributed by atoms with van der Waals surface area (Å²) in [6.45, 7) is 7.76. The number of aromatic nitrogens is 2.